The summed E-state index contributed by atoms with van der Waals surface area (Å²) in [6.45, 7) is 0.593. The van der Waals surface area contributed by atoms with E-state index in [1.54, 1.807) is 0 Å². The Balaban J connectivity index is 1.69. The molecule has 0 aliphatic heterocycles. The fourth-order valence-corrected chi connectivity index (χ4v) is 2.72. The topological polar surface area (TPSA) is 26.3 Å². The van der Waals surface area contributed by atoms with Crippen LogP contribution in [0.1, 0.15) is 36.8 Å². The minimum absolute atomic E-state index is 0.0462. The van der Waals surface area contributed by atoms with Crippen molar-refractivity contribution in [3.8, 4) is 0 Å². The molecular weight excluding hydrogens is 272 g/mol. The number of hydrogen-bond acceptors (Lipinski definition) is 2. The van der Waals surface area contributed by atoms with Crippen molar-refractivity contribution in [2.24, 2.45) is 0 Å². The lowest BCUT2D eigenvalue weighted by atomic mass is 10.0. The normalized spacial score (nSPS) is 10.6. The number of carbonyl (C=O) groups is 1. The van der Waals surface area contributed by atoms with Crippen LogP contribution >= 0.6 is 0 Å². The summed E-state index contributed by atoms with van der Waals surface area (Å²) in [5, 5.41) is 0. The van der Waals surface area contributed by atoms with Gasteiger partial charge in [-0.05, 0) is 49.7 Å². The number of carbonyl (C=O) groups excluding carboxylic acids is 1. The summed E-state index contributed by atoms with van der Waals surface area (Å²) in [4.78, 5) is 10.7. The zero-order valence-electron chi connectivity index (χ0n) is 13.0. The molecule has 0 heterocycles. The summed E-state index contributed by atoms with van der Waals surface area (Å²) in [6.07, 6.45) is 6.09. The van der Waals surface area contributed by atoms with Gasteiger partial charge in [-0.15, -0.1) is 0 Å². The van der Waals surface area contributed by atoms with Crippen LogP contribution < -0.4 is 0 Å². The van der Waals surface area contributed by atoms with Crippen LogP contribution in [0.25, 0.3) is 0 Å². The van der Waals surface area contributed by atoms with E-state index in [-0.39, 0.29) is 6.10 Å². The van der Waals surface area contributed by atoms with Crippen molar-refractivity contribution < 1.29 is 9.53 Å². The van der Waals surface area contributed by atoms with Crippen LogP contribution in [0.2, 0.25) is 0 Å². The first-order valence-corrected chi connectivity index (χ1v) is 8.05. The van der Waals surface area contributed by atoms with Gasteiger partial charge in [0.05, 0.1) is 0 Å². The van der Waals surface area contributed by atoms with Gasteiger partial charge in [-0.1, -0.05) is 60.7 Å². The highest BCUT2D eigenvalue weighted by atomic mass is 16.5. The van der Waals surface area contributed by atoms with Gasteiger partial charge in [0.25, 0.3) is 6.47 Å². The van der Waals surface area contributed by atoms with Gasteiger partial charge < -0.3 is 4.74 Å². The third-order valence-corrected chi connectivity index (χ3v) is 3.92. The summed E-state index contributed by atoms with van der Waals surface area (Å²) < 4.78 is 5.24. The minimum atomic E-state index is 0.0462. The lowest BCUT2D eigenvalue weighted by Gasteiger charge is -2.15. The summed E-state index contributed by atoms with van der Waals surface area (Å²) in [7, 11) is 0. The number of rotatable bonds is 10. The predicted octanol–water partition coefficient (Wildman–Crippen LogP) is 4.57. The van der Waals surface area contributed by atoms with Gasteiger partial charge in [0, 0.05) is 0 Å². The summed E-state index contributed by atoms with van der Waals surface area (Å²) in [5.41, 5.74) is 2.69. The zero-order valence-corrected chi connectivity index (χ0v) is 13.0. The molecule has 2 heteroatoms. The Morgan fingerprint density at radius 3 is 1.64 bits per heavy atom. The van der Waals surface area contributed by atoms with Gasteiger partial charge in [-0.2, -0.15) is 0 Å². The molecule has 0 saturated heterocycles. The van der Waals surface area contributed by atoms with Crippen LogP contribution in [-0.2, 0) is 22.4 Å². The van der Waals surface area contributed by atoms with Crippen molar-refractivity contribution in [1.82, 2.24) is 0 Å². The van der Waals surface area contributed by atoms with Gasteiger partial charge in [0.2, 0.25) is 0 Å². The fraction of sp³-hybridized carbons (Fsp3) is 0.350. The molecule has 0 saturated carbocycles. The Bertz CT molecular complexity index is 476. The first kappa shape index (κ1) is 16.3. The van der Waals surface area contributed by atoms with Gasteiger partial charge in [0.15, 0.2) is 0 Å². The Kier molecular flexibility index (Phi) is 7.24. The Hall–Kier alpha value is -2.09. The van der Waals surface area contributed by atoms with Crippen LogP contribution in [0.3, 0.4) is 0 Å². The molecule has 22 heavy (non-hydrogen) atoms. The van der Waals surface area contributed by atoms with E-state index >= 15 is 0 Å². The second kappa shape index (κ2) is 9.78. The highest BCUT2D eigenvalue weighted by molar-refractivity contribution is 5.37. The SMILES string of the molecule is O=COC(CCCc1ccccc1)CCCc1ccccc1. The molecule has 2 rings (SSSR count). The van der Waals surface area contributed by atoms with Crippen molar-refractivity contribution in [2.45, 2.75) is 44.6 Å². The van der Waals surface area contributed by atoms with Gasteiger partial charge in [-0.3, -0.25) is 4.79 Å². The van der Waals surface area contributed by atoms with Crippen molar-refractivity contribution in [3.05, 3.63) is 71.8 Å². The fourth-order valence-electron chi connectivity index (χ4n) is 2.72. The molecule has 2 nitrogen and oxygen atoms in total. The highest BCUT2D eigenvalue weighted by Crippen LogP contribution is 2.14. The van der Waals surface area contributed by atoms with Crippen LogP contribution in [0.4, 0.5) is 0 Å². The van der Waals surface area contributed by atoms with E-state index in [9.17, 15) is 4.79 Å². The van der Waals surface area contributed by atoms with E-state index in [4.69, 9.17) is 4.74 Å². The maximum Gasteiger partial charge on any atom is 0.293 e. The summed E-state index contributed by atoms with van der Waals surface area (Å²) in [5.74, 6) is 0. The smallest absolute Gasteiger partial charge is 0.293 e. The molecule has 116 valence electrons. The molecular formula is C20H24O2. The Labute approximate surface area is 133 Å². The lowest BCUT2D eigenvalue weighted by molar-refractivity contribution is -0.134. The second-order valence-electron chi connectivity index (χ2n) is 5.61. The predicted molar refractivity (Wildman–Crippen MR) is 89.7 cm³/mol. The number of aryl methyl sites for hydroxylation is 2. The number of benzene rings is 2. The zero-order chi connectivity index (χ0) is 15.5. The van der Waals surface area contributed by atoms with Crippen molar-refractivity contribution in [2.75, 3.05) is 0 Å². The number of ether oxygens (including phenoxy) is 1. The van der Waals surface area contributed by atoms with Crippen LogP contribution in [0.5, 0.6) is 0 Å². The van der Waals surface area contributed by atoms with Crippen LogP contribution in [0.15, 0.2) is 60.7 Å². The Morgan fingerprint density at radius 2 is 1.23 bits per heavy atom. The first-order chi connectivity index (χ1) is 10.9. The molecule has 0 fully saturated rings. The molecule has 0 atom stereocenters. The molecule has 0 spiro atoms. The van der Waals surface area contributed by atoms with Gasteiger partial charge in [0.1, 0.15) is 6.10 Å². The standard InChI is InChI=1S/C20H24O2/c21-17-22-20(15-7-13-18-9-3-1-4-10-18)16-8-14-19-11-5-2-6-12-19/h1-6,9-12,17,20H,7-8,13-16H2. The largest absolute Gasteiger partial charge is 0.465 e. The molecule has 0 radical (unpaired) electrons. The molecule has 2 aromatic rings. The van der Waals surface area contributed by atoms with Crippen LogP contribution in [-0.4, -0.2) is 12.6 Å². The van der Waals surface area contributed by atoms with Crippen molar-refractivity contribution in [3.63, 3.8) is 0 Å². The summed E-state index contributed by atoms with van der Waals surface area (Å²) >= 11 is 0. The average Bonchev–Trinajstić information content (AvgIpc) is 2.57. The van der Waals surface area contributed by atoms with Crippen LogP contribution in [0, 0.1) is 0 Å². The molecule has 0 N–H and O–H groups in total. The molecule has 0 bridgehead atoms. The van der Waals surface area contributed by atoms with Gasteiger partial charge in [-0.25, -0.2) is 0 Å². The molecule has 2 aromatic carbocycles. The van der Waals surface area contributed by atoms with E-state index in [0.29, 0.717) is 6.47 Å². The second-order valence-corrected chi connectivity index (χ2v) is 5.61. The van der Waals surface area contributed by atoms with E-state index in [0.717, 1.165) is 38.5 Å². The highest BCUT2D eigenvalue weighted by Gasteiger charge is 2.09. The number of hydrogen-bond donors (Lipinski definition) is 0. The van der Waals surface area contributed by atoms with Gasteiger partial charge >= 0.3 is 0 Å². The molecule has 0 aliphatic rings. The quantitative estimate of drug-likeness (QED) is 0.600. The third-order valence-electron chi connectivity index (χ3n) is 3.92. The molecule has 0 aliphatic carbocycles. The first-order valence-electron chi connectivity index (χ1n) is 8.05. The molecule has 0 aromatic heterocycles. The monoisotopic (exact) mass is 296 g/mol. The average molecular weight is 296 g/mol. The third kappa shape index (κ3) is 6.13. The van der Waals surface area contributed by atoms with E-state index in [2.05, 4.69) is 48.5 Å². The lowest BCUT2D eigenvalue weighted by Crippen LogP contribution is -2.13. The van der Waals surface area contributed by atoms with E-state index in [1.165, 1.54) is 11.1 Å². The van der Waals surface area contributed by atoms with E-state index < -0.39 is 0 Å². The molecule has 0 unspecified atom stereocenters. The van der Waals surface area contributed by atoms with Crippen molar-refractivity contribution >= 4 is 6.47 Å². The molecule has 0 amide bonds. The van der Waals surface area contributed by atoms with E-state index in [1.807, 2.05) is 12.1 Å². The summed E-state index contributed by atoms with van der Waals surface area (Å²) in [6, 6.07) is 20.9. The maximum absolute atomic E-state index is 10.7. The Morgan fingerprint density at radius 1 is 0.773 bits per heavy atom. The maximum atomic E-state index is 10.7. The minimum Gasteiger partial charge on any atom is -0.465 e. The van der Waals surface area contributed by atoms with Crippen molar-refractivity contribution in [1.29, 1.82) is 0 Å².